The van der Waals surface area contributed by atoms with E-state index in [0.29, 0.717) is 16.8 Å². The summed E-state index contributed by atoms with van der Waals surface area (Å²) in [6.07, 6.45) is -3.31. The predicted molar refractivity (Wildman–Crippen MR) is 131 cm³/mol. The van der Waals surface area contributed by atoms with E-state index in [1.807, 2.05) is 0 Å². The Balaban J connectivity index is 1.43. The number of ether oxygens (including phenoxy) is 1. The van der Waals surface area contributed by atoms with Crippen molar-refractivity contribution in [3.63, 3.8) is 0 Å². The van der Waals surface area contributed by atoms with Crippen LogP contribution in [0.1, 0.15) is 16.2 Å². The maximum atomic E-state index is 14.5. The lowest BCUT2D eigenvalue weighted by Gasteiger charge is -2.21. The Morgan fingerprint density at radius 1 is 1.02 bits per heavy atom. The Morgan fingerprint density at radius 3 is 2.48 bits per heavy atom. The Labute approximate surface area is 225 Å². The first-order valence-electron chi connectivity index (χ1n) is 11.2. The van der Waals surface area contributed by atoms with E-state index >= 15 is 0 Å². The molecule has 3 aromatic heterocycles. The minimum absolute atomic E-state index is 0.0451. The molecule has 2 aromatic carbocycles. The van der Waals surface area contributed by atoms with Gasteiger partial charge in [-0.3, -0.25) is 4.79 Å². The summed E-state index contributed by atoms with van der Waals surface area (Å²) >= 11 is 5.90. The lowest BCUT2D eigenvalue weighted by Crippen LogP contribution is -2.36. The molecule has 0 fully saturated rings. The number of amides is 1. The van der Waals surface area contributed by atoms with Gasteiger partial charge in [-0.05, 0) is 48.5 Å². The van der Waals surface area contributed by atoms with Crippen molar-refractivity contribution in [1.82, 2.24) is 24.4 Å². The van der Waals surface area contributed by atoms with Gasteiger partial charge in [0.05, 0.1) is 23.8 Å². The van der Waals surface area contributed by atoms with Gasteiger partial charge in [-0.25, -0.2) is 18.6 Å². The molecule has 40 heavy (non-hydrogen) atoms. The number of anilines is 1. The molecule has 8 nitrogen and oxygen atoms in total. The lowest BCUT2D eigenvalue weighted by atomic mass is 10.1. The third kappa shape index (κ3) is 5.43. The standard InChI is InChI=1S/C25H15ClF6N6O2/c26-15-2-1-3-18(8-15)40-13-37-12-17(11-33-37)34-23(39)20-10-22-35-19(14-4-6-16(27)7-5-14)9-21(38(22)36-20)24(28,29)25(30,31)32/h1-12H,13H2,(H,34,39). The molecule has 15 heteroatoms. The summed E-state index contributed by atoms with van der Waals surface area (Å²) in [7, 11) is 0. The maximum Gasteiger partial charge on any atom is 0.459 e. The van der Waals surface area contributed by atoms with Gasteiger partial charge in [0.1, 0.15) is 17.3 Å². The van der Waals surface area contributed by atoms with Crippen molar-refractivity contribution in [2.45, 2.75) is 18.8 Å². The maximum absolute atomic E-state index is 14.5. The topological polar surface area (TPSA) is 86.3 Å². The summed E-state index contributed by atoms with van der Waals surface area (Å²) in [4.78, 5) is 16.9. The Kier molecular flexibility index (Phi) is 6.87. The fourth-order valence-electron chi connectivity index (χ4n) is 3.61. The number of carbonyl (C=O) groups excluding carboxylic acids is 1. The smallest absolute Gasteiger partial charge is 0.459 e. The first-order chi connectivity index (χ1) is 18.9. The van der Waals surface area contributed by atoms with Crippen molar-refractivity contribution in [3.8, 4) is 17.0 Å². The fraction of sp³-hybridized carbons (Fsp3) is 0.120. The summed E-state index contributed by atoms with van der Waals surface area (Å²) in [5.74, 6) is -6.46. The summed E-state index contributed by atoms with van der Waals surface area (Å²) < 4.78 is 89.4. The van der Waals surface area contributed by atoms with Gasteiger partial charge in [0.15, 0.2) is 18.1 Å². The van der Waals surface area contributed by atoms with Crippen LogP contribution in [0.4, 0.5) is 32.0 Å². The van der Waals surface area contributed by atoms with E-state index in [0.717, 1.165) is 18.2 Å². The van der Waals surface area contributed by atoms with Crippen molar-refractivity contribution in [2.75, 3.05) is 5.32 Å². The second kappa shape index (κ2) is 10.2. The van der Waals surface area contributed by atoms with Crippen LogP contribution in [0.15, 0.2) is 73.1 Å². The highest BCUT2D eigenvalue weighted by atomic mass is 35.5. The minimum Gasteiger partial charge on any atom is -0.471 e. The van der Waals surface area contributed by atoms with Crippen LogP contribution in [0.2, 0.25) is 5.02 Å². The molecule has 0 saturated carbocycles. The van der Waals surface area contributed by atoms with Crippen LogP contribution < -0.4 is 10.1 Å². The van der Waals surface area contributed by atoms with Crippen molar-refractivity contribution < 1.29 is 35.9 Å². The molecular formula is C25H15ClF6N6O2. The van der Waals surface area contributed by atoms with Gasteiger partial charge in [0.2, 0.25) is 0 Å². The van der Waals surface area contributed by atoms with Gasteiger partial charge in [-0.15, -0.1) is 0 Å². The molecular weight excluding hydrogens is 566 g/mol. The Hall–Kier alpha value is -4.59. The number of benzene rings is 2. The van der Waals surface area contributed by atoms with Gasteiger partial charge >= 0.3 is 12.1 Å². The molecule has 1 N–H and O–H groups in total. The van der Waals surface area contributed by atoms with Gasteiger partial charge in [0.25, 0.3) is 5.91 Å². The molecule has 0 aliphatic heterocycles. The molecule has 0 radical (unpaired) electrons. The molecule has 0 saturated heterocycles. The molecule has 0 bridgehead atoms. The fourth-order valence-corrected chi connectivity index (χ4v) is 3.79. The van der Waals surface area contributed by atoms with Crippen LogP contribution in [-0.2, 0) is 12.7 Å². The van der Waals surface area contributed by atoms with Crippen LogP contribution in [0, 0.1) is 5.82 Å². The van der Waals surface area contributed by atoms with E-state index < -0.39 is 40.9 Å². The summed E-state index contributed by atoms with van der Waals surface area (Å²) in [5.41, 5.74) is -2.60. The average Bonchev–Trinajstić information content (AvgIpc) is 3.53. The molecule has 5 rings (SSSR count). The normalized spacial score (nSPS) is 12.1. The molecule has 0 atom stereocenters. The van der Waals surface area contributed by atoms with Crippen LogP contribution in [0.25, 0.3) is 16.9 Å². The van der Waals surface area contributed by atoms with Crippen molar-refractivity contribution in [2.24, 2.45) is 0 Å². The Bertz CT molecular complexity index is 1700. The van der Waals surface area contributed by atoms with E-state index in [-0.39, 0.29) is 28.2 Å². The number of alkyl halides is 5. The number of carbonyl (C=O) groups is 1. The summed E-state index contributed by atoms with van der Waals surface area (Å²) in [5, 5.41) is 10.6. The minimum atomic E-state index is -5.97. The number of hydrogen-bond acceptors (Lipinski definition) is 5. The van der Waals surface area contributed by atoms with Crippen molar-refractivity contribution >= 4 is 28.8 Å². The predicted octanol–water partition coefficient (Wildman–Crippen LogP) is 6.33. The number of hydrogen-bond donors (Lipinski definition) is 1. The van der Waals surface area contributed by atoms with Crippen LogP contribution in [-0.4, -0.2) is 36.5 Å². The second-order valence-corrected chi connectivity index (χ2v) is 8.80. The zero-order valence-electron chi connectivity index (χ0n) is 19.8. The lowest BCUT2D eigenvalue weighted by molar-refractivity contribution is -0.291. The third-order valence-electron chi connectivity index (χ3n) is 5.53. The summed E-state index contributed by atoms with van der Waals surface area (Å²) in [6, 6.07) is 12.4. The largest absolute Gasteiger partial charge is 0.471 e. The van der Waals surface area contributed by atoms with E-state index in [4.69, 9.17) is 16.3 Å². The molecule has 5 aromatic rings. The van der Waals surface area contributed by atoms with Crippen molar-refractivity contribution in [1.29, 1.82) is 0 Å². The first kappa shape index (κ1) is 27.0. The molecule has 3 heterocycles. The summed E-state index contributed by atoms with van der Waals surface area (Å²) in [6.45, 7) is -0.0451. The molecule has 0 spiro atoms. The van der Waals surface area contributed by atoms with Gasteiger partial charge in [0, 0.05) is 16.7 Å². The third-order valence-corrected chi connectivity index (χ3v) is 5.76. The first-order valence-corrected chi connectivity index (χ1v) is 11.6. The Morgan fingerprint density at radius 2 is 1.77 bits per heavy atom. The SMILES string of the molecule is O=C(Nc1cnn(COc2cccc(Cl)c2)c1)c1cc2nc(-c3ccc(F)cc3)cc(C(F)(F)C(F)(F)F)n2n1. The van der Waals surface area contributed by atoms with E-state index in [9.17, 15) is 31.1 Å². The average molecular weight is 581 g/mol. The second-order valence-electron chi connectivity index (χ2n) is 8.36. The molecule has 0 aliphatic rings. The highest BCUT2D eigenvalue weighted by Crippen LogP contribution is 2.44. The zero-order chi connectivity index (χ0) is 28.7. The van der Waals surface area contributed by atoms with Gasteiger partial charge < -0.3 is 10.1 Å². The molecule has 1 amide bonds. The van der Waals surface area contributed by atoms with Gasteiger partial charge in [-0.2, -0.15) is 32.1 Å². The molecule has 0 unspecified atom stereocenters. The molecule has 0 aliphatic carbocycles. The number of nitrogens with one attached hydrogen (secondary N) is 1. The molecule has 206 valence electrons. The van der Waals surface area contributed by atoms with E-state index in [1.165, 1.54) is 29.2 Å². The quantitative estimate of drug-likeness (QED) is 0.227. The van der Waals surface area contributed by atoms with E-state index in [2.05, 4.69) is 20.5 Å². The number of halogens is 7. The number of aromatic nitrogens is 5. The van der Waals surface area contributed by atoms with Crippen LogP contribution in [0.5, 0.6) is 5.75 Å². The van der Waals surface area contributed by atoms with E-state index in [1.54, 1.807) is 24.3 Å². The highest BCUT2D eigenvalue weighted by molar-refractivity contribution is 6.30. The monoisotopic (exact) mass is 580 g/mol. The number of fused-ring (bicyclic) bond motifs is 1. The number of rotatable bonds is 7. The van der Waals surface area contributed by atoms with Gasteiger partial charge in [-0.1, -0.05) is 17.7 Å². The van der Waals surface area contributed by atoms with Crippen molar-refractivity contribution in [3.05, 3.63) is 95.3 Å². The number of nitrogens with zero attached hydrogens (tertiary/aromatic N) is 5. The van der Waals surface area contributed by atoms with Crippen LogP contribution >= 0.6 is 11.6 Å². The highest BCUT2D eigenvalue weighted by Gasteiger charge is 2.60. The zero-order valence-corrected chi connectivity index (χ0v) is 20.6. The van der Waals surface area contributed by atoms with Crippen LogP contribution in [0.3, 0.4) is 0 Å².